The van der Waals surface area contributed by atoms with Gasteiger partial charge in [0.2, 0.25) is 5.89 Å². The second-order valence-electron chi connectivity index (χ2n) is 6.75. The van der Waals surface area contributed by atoms with Gasteiger partial charge in [0.25, 0.3) is 0 Å². The van der Waals surface area contributed by atoms with Crippen LogP contribution >= 0.6 is 11.6 Å². The Morgan fingerprint density at radius 1 is 1.21 bits per heavy atom. The highest BCUT2D eigenvalue weighted by molar-refractivity contribution is 6.17. The number of rotatable bonds is 4. The number of aromatic nitrogens is 2. The molecule has 1 aliphatic rings. The molecule has 0 aliphatic heterocycles. The van der Waals surface area contributed by atoms with Crippen molar-refractivity contribution in [2.45, 2.75) is 65.2 Å². The van der Waals surface area contributed by atoms with Crippen LogP contribution in [0.2, 0.25) is 0 Å². The minimum atomic E-state index is 0.424. The fraction of sp³-hybridized carbons (Fsp3) is 0.867. The number of aryl methyl sites for hydroxylation is 1. The average molecular weight is 285 g/mol. The van der Waals surface area contributed by atoms with Gasteiger partial charge in [0.15, 0.2) is 5.82 Å². The molecule has 0 bridgehead atoms. The second kappa shape index (κ2) is 6.25. The predicted octanol–water partition coefficient (Wildman–Crippen LogP) is 4.56. The van der Waals surface area contributed by atoms with Gasteiger partial charge in [-0.2, -0.15) is 4.98 Å². The van der Waals surface area contributed by atoms with E-state index in [0.717, 1.165) is 30.5 Å². The van der Waals surface area contributed by atoms with Crippen molar-refractivity contribution in [3.8, 4) is 0 Å². The molecule has 0 aromatic carbocycles. The summed E-state index contributed by atoms with van der Waals surface area (Å²) in [4.78, 5) is 4.52. The van der Waals surface area contributed by atoms with Crippen molar-refractivity contribution >= 4 is 11.6 Å². The van der Waals surface area contributed by atoms with Crippen LogP contribution < -0.4 is 0 Å². The first-order valence-electron chi connectivity index (χ1n) is 7.39. The fourth-order valence-corrected chi connectivity index (χ4v) is 3.10. The predicted molar refractivity (Wildman–Crippen MR) is 77.5 cm³/mol. The van der Waals surface area contributed by atoms with Crippen molar-refractivity contribution < 1.29 is 4.52 Å². The van der Waals surface area contributed by atoms with Gasteiger partial charge in [-0.25, -0.2) is 0 Å². The van der Waals surface area contributed by atoms with Crippen LogP contribution in [0.15, 0.2) is 4.52 Å². The van der Waals surface area contributed by atoms with Gasteiger partial charge in [-0.1, -0.05) is 25.9 Å². The Hall–Kier alpha value is -0.570. The summed E-state index contributed by atoms with van der Waals surface area (Å²) in [6.45, 7) is 7.03. The molecule has 1 aromatic heterocycles. The van der Waals surface area contributed by atoms with Crippen LogP contribution in [0, 0.1) is 11.3 Å². The van der Waals surface area contributed by atoms with Gasteiger partial charge in [-0.05, 0) is 43.4 Å². The second-order valence-corrected chi connectivity index (χ2v) is 7.13. The molecule has 108 valence electrons. The fourth-order valence-electron chi connectivity index (χ4n) is 2.97. The number of hydrogen-bond acceptors (Lipinski definition) is 3. The summed E-state index contributed by atoms with van der Waals surface area (Å²) in [5, 5.41) is 4.15. The van der Waals surface area contributed by atoms with Crippen LogP contribution in [0.1, 0.15) is 70.5 Å². The van der Waals surface area contributed by atoms with E-state index < -0.39 is 0 Å². The van der Waals surface area contributed by atoms with E-state index in [0.29, 0.717) is 17.2 Å². The number of hydrogen-bond donors (Lipinski definition) is 0. The summed E-state index contributed by atoms with van der Waals surface area (Å²) in [6, 6.07) is 0. The summed E-state index contributed by atoms with van der Waals surface area (Å²) in [5.41, 5.74) is 0.424. The lowest BCUT2D eigenvalue weighted by Crippen LogP contribution is -2.25. The van der Waals surface area contributed by atoms with Crippen LogP contribution in [-0.4, -0.2) is 16.0 Å². The van der Waals surface area contributed by atoms with E-state index in [2.05, 4.69) is 30.9 Å². The topological polar surface area (TPSA) is 38.9 Å². The summed E-state index contributed by atoms with van der Waals surface area (Å²) < 4.78 is 5.29. The zero-order valence-corrected chi connectivity index (χ0v) is 13.0. The molecular weight excluding hydrogens is 260 g/mol. The molecule has 2 rings (SSSR count). The average Bonchev–Trinajstić information content (AvgIpc) is 2.84. The van der Waals surface area contributed by atoms with Crippen LogP contribution in [0.3, 0.4) is 0 Å². The first kappa shape index (κ1) is 14.8. The van der Waals surface area contributed by atoms with Crippen LogP contribution in [0.25, 0.3) is 0 Å². The van der Waals surface area contributed by atoms with Gasteiger partial charge >= 0.3 is 0 Å². The van der Waals surface area contributed by atoms with Gasteiger partial charge in [0.1, 0.15) is 0 Å². The van der Waals surface area contributed by atoms with Crippen molar-refractivity contribution in [3.63, 3.8) is 0 Å². The first-order valence-corrected chi connectivity index (χ1v) is 7.92. The molecule has 1 fully saturated rings. The normalized spacial score (nSPS) is 24.6. The molecule has 0 amide bonds. The van der Waals surface area contributed by atoms with Crippen molar-refractivity contribution in [2.24, 2.45) is 11.3 Å². The minimum absolute atomic E-state index is 0.424. The number of alkyl halides is 1. The van der Waals surface area contributed by atoms with E-state index in [1.54, 1.807) is 0 Å². The van der Waals surface area contributed by atoms with Gasteiger partial charge in [0, 0.05) is 18.2 Å². The Morgan fingerprint density at radius 3 is 2.47 bits per heavy atom. The van der Waals surface area contributed by atoms with Crippen LogP contribution in [0.5, 0.6) is 0 Å². The quantitative estimate of drug-likeness (QED) is 0.761. The molecule has 4 heteroatoms. The lowest BCUT2D eigenvalue weighted by molar-refractivity contribution is 0.166. The van der Waals surface area contributed by atoms with E-state index in [-0.39, 0.29) is 0 Å². The monoisotopic (exact) mass is 284 g/mol. The molecular formula is C15H25ClN2O. The van der Waals surface area contributed by atoms with Crippen molar-refractivity contribution in [1.82, 2.24) is 10.1 Å². The van der Waals surface area contributed by atoms with Crippen LogP contribution in [0.4, 0.5) is 0 Å². The van der Waals surface area contributed by atoms with Crippen molar-refractivity contribution in [2.75, 3.05) is 5.88 Å². The van der Waals surface area contributed by atoms with Gasteiger partial charge in [-0.15, -0.1) is 11.6 Å². The zero-order valence-electron chi connectivity index (χ0n) is 12.3. The summed E-state index contributed by atoms with van der Waals surface area (Å²) in [5.74, 6) is 3.62. The number of halogens is 1. The standard InChI is InChI=1S/C15H25ClN2O/c1-15(2,3)12-8-6-11(7-9-12)14-17-13(19-18-14)5-4-10-16/h11-12H,4-10H2,1-3H3. The maximum absolute atomic E-state index is 5.68. The largest absolute Gasteiger partial charge is 0.339 e. The Balaban J connectivity index is 1.89. The summed E-state index contributed by atoms with van der Waals surface area (Å²) in [7, 11) is 0. The minimum Gasteiger partial charge on any atom is -0.339 e. The van der Waals surface area contributed by atoms with E-state index in [9.17, 15) is 0 Å². The maximum atomic E-state index is 5.68. The Labute approximate surface area is 121 Å². The summed E-state index contributed by atoms with van der Waals surface area (Å²) in [6.07, 6.45) is 6.64. The molecule has 1 saturated carbocycles. The van der Waals surface area contributed by atoms with Crippen molar-refractivity contribution in [1.29, 1.82) is 0 Å². The number of nitrogens with zero attached hydrogens (tertiary/aromatic N) is 2. The first-order chi connectivity index (χ1) is 9.00. The van der Waals surface area contributed by atoms with Crippen LogP contribution in [-0.2, 0) is 6.42 Å². The highest BCUT2D eigenvalue weighted by Crippen LogP contribution is 2.42. The zero-order chi connectivity index (χ0) is 13.9. The van der Waals surface area contributed by atoms with Crippen molar-refractivity contribution in [3.05, 3.63) is 11.7 Å². The Bertz CT molecular complexity index is 389. The molecule has 0 spiro atoms. The van der Waals surface area contributed by atoms with E-state index in [4.69, 9.17) is 16.1 Å². The molecule has 0 saturated heterocycles. The molecule has 1 heterocycles. The molecule has 0 N–H and O–H groups in total. The third-order valence-electron chi connectivity index (χ3n) is 4.33. The molecule has 3 nitrogen and oxygen atoms in total. The lowest BCUT2D eigenvalue weighted by Gasteiger charge is -2.36. The van der Waals surface area contributed by atoms with Gasteiger partial charge in [-0.3, -0.25) is 0 Å². The molecule has 0 radical (unpaired) electrons. The van der Waals surface area contributed by atoms with E-state index in [1.807, 2.05) is 0 Å². The van der Waals surface area contributed by atoms with Gasteiger partial charge in [0.05, 0.1) is 0 Å². The smallest absolute Gasteiger partial charge is 0.226 e. The SMILES string of the molecule is CC(C)(C)C1CCC(c2noc(CCCCl)n2)CC1. The molecule has 0 atom stereocenters. The third kappa shape index (κ3) is 3.95. The van der Waals surface area contributed by atoms with E-state index >= 15 is 0 Å². The highest BCUT2D eigenvalue weighted by Gasteiger charge is 2.31. The third-order valence-corrected chi connectivity index (χ3v) is 4.59. The summed E-state index contributed by atoms with van der Waals surface area (Å²) >= 11 is 5.68. The highest BCUT2D eigenvalue weighted by atomic mass is 35.5. The Kier molecular flexibility index (Phi) is 4.88. The molecule has 19 heavy (non-hydrogen) atoms. The molecule has 0 unspecified atom stereocenters. The van der Waals surface area contributed by atoms with E-state index in [1.165, 1.54) is 25.7 Å². The molecule has 1 aromatic rings. The molecule has 1 aliphatic carbocycles. The maximum Gasteiger partial charge on any atom is 0.226 e. The lowest BCUT2D eigenvalue weighted by atomic mass is 9.70. The van der Waals surface area contributed by atoms with Gasteiger partial charge < -0.3 is 4.52 Å². The Morgan fingerprint density at radius 2 is 1.89 bits per heavy atom.